The number of thioether (sulfide) groups is 1. The van der Waals surface area contributed by atoms with Crippen molar-refractivity contribution in [2.24, 2.45) is 0 Å². The van der Waals surface area contributed by atoms with Gasteiger partial charge in [-0.2, -0.15) is 5.10 Å². The number of benzene rings is 1. The predicted octanol–water partition coefficient (Wildman–Crippen LogP) is 4.51. The van der Waals surface area contributed by atoms with Gasteiger partial charge in [0, 0.05) is 23.2 Å². The quantitative estimate of drug-likeness (QED) is 0.666. The van der Waals surface area contributed by atoms with Gasteiger partial charge in [-0.3, -0.25) is 0 Å². The van der Waals surface area contributed by atoms with Crippen LogP contribution in [-0.2, 0) is 0 Å². The van der Waals surface area contributed by atoms with Gasteiger partial charge in [0.2, 0.25) is 0 Å². The summed E-state index contributed by atoms with van der Waals surface area (Å²) in [6.45, 7) is 8.62. The highest BCUT2D eigenvalue weighted by Crippen LogP contribution is 2.28. The smallest absolute Gasteiger partial charge is 0.122 e. The first kappa shape index (κ1) is 14.1. The highest BCUT2D eigenvalue weighted by molar-refractivity contribution is 8.00. The van der Waals surface area contributed by atoms with Gasteiger partial charge < -0.3 is 0 Å². The van der Waals surface area contributed by atoms with E-state index in [1.54, 1.807) is 11.8 Å². The van der Waals surface area contributed by atoms with Crippen LogP contribution in [-0.4, -0.2) is 19.8 Å². The molecule has 0 bridgehead atoms. The third-order valence-corrected chi connectivity index (χ3v) is 4.51. The molecule has 0 fully saturated rings. The lowest BCUT2D eigenvalue weighted by molar-refractivity contribution is 0.918. The molecule has 0 atom stereocenters. The van der Waals surface area contributed by atoms with E-state index in [1.165, 1.54) is 11.1 Å². The Morgan fingerprint density at radius 3 is 2.62 bits per heavy atom. The van der Waals surface area contributed by atoms with Crippen molar-refractivity contribution in [1.29, 1.82) is 0 Å². The summed E-state index contributed by atoms with van der Waals surface area (Å²) in [6, 6.07) is 8.60. The number of rotatable bonds is 3. The molecule has 108 valence electrons. The lowest BCUT2D eigenvalue weighted by Gasteiger charge is -2.04. The molecule has 2 heterocycles. The summed E-state index contributed by atoms with van der Waals surface area (Å²) >= 11 is 1.77. The fourth-order valence-electron chi connectivity index (χ4n) is 2.25. The summed E-state index contributed by atoms with van der Waals surface area (Å²) in [6.07, 6.45) is 3.72. The SMILES string of the molecule is Cc1ccc(-c2cc3c(SC(C)C)nccn3n2)cc1C. The van der Waals surface area contributed by atoms with Gasteiger partial charge in [-0.15, -0.1) is 11.8 Å². The van der Waals surface area contributed by atoms with Gasteiger partial charge in [0.05, 0.1) is 11.2 Å². The molecule has 0 unspecified atom stereocenters. The second-order valence-corrected chi connectivity index (χ2v) is 7.12. The Morgan fingerprint density at radius 2 is 1.90 bits per heavy atom. The summed E-state index contributed by atoms with van der Waals surface area (Å²) in [7, 11) is 0. The third kappa shape index (κ3) is 2.81. The van der Waals surface area contributed by atoms with Crippen LogP contribution < -0.4 is 0 Å². The zero-order valence-corrected chi connectivity index (χ0v) is 13.6. The lowest BCUT2D eigenvalue weighted by Crippen LogP contribution is -1.94. The molecule has 0 radical (unpaired) electrons. The van der Waals surface area contributed by atoms with Crippen molar-refractivity contribution in [2.45, 2.75) is 38.0 Å². The van der Waals surface area contributed by atoms with Crippen molar-refractivity contribution in [2.75, 3.05) is 0 Å². The molecule has 0 amide bonds. The minimum absolute atomic E-state index is 0.503. The van der Waals surface area contributed by atoms with Gasteiger partial charge >= 0.3 is 0 Å². The molecule has 2 aromatic heterocycles. The van der Waals surface area contributed by atoms with E-state index < -0.39 is 0 Å². The topological polar surface area (TPSA) is 30.2 Å². The molecule has 21 heavy (non-hydrogen) atoms. The van der Waals surface area contributed by atoms with Crippen molar-refractivity contribution in [1.82, 2.24) is 14.6 Å². The van der Waals surface area contributed by atoms with Crippen LogP contribution >= 0.6 is 11.8 Å². The molecule has 4 heteroatoms. The Bertz CT molecular complexity index is 790. The summed E-state index contributed by atoms with van der Waals surface area (Å²) in [4.78, 5) is 4.49. The van der Waals surface area contributed by atoms with Crippen molar-refractivity contribution >= 4 is 17.3 Å². The number of fused-ring (bicyclic) bond motifs is 1. The average Bonchev–Trinajstić information content (AvgIpc) is 2.86. The van der Waals surface area contributed by atoms with E-state index in [2.05, 4.69) is 62.0 Å². The van der Waals surface area contributed by atoms with Gasteiger partial charge in [-0.05, 0) is 37.1 Å². The molecule has 3 rings (SSSR count). The van der Waals surface area contributed by atoms with Gasteiger partial charge in [0.15, 0.2) is 0 Å². The van der Waals surface area contributed by atoms with Gasteiger partial charge in [-0.1, -0.05) is 26.0 Å². The zero-order chi connectivity index (χ0) is 15.0. The Balaban J connectivity index is 2.10. The fourth-order valence-corrected chi connectivity index (χ4v) is 3.10. The van der Waals surface area contributed by atoms with E-state index in [4.69, 9.17) is 0 Å². The number of hydrogen-bond acceptors (Lipinski definition) is 3. The molecular formula is C17H19N3S. The molecular weight excluding hydrogens is 278 g/mol. The molecule has 0 saturated carbocycles. The maximum Gasteiger partial charge on any atom is 0.122 e. The van der Waals surface area contributed by atoms with Crippen LogP contribution in [0.1, 0.15) is 25.0 Å². The molecule has 3 aromatic rings. The average molecular weight is 297 g/mol. The van der Waals surface area contributed by atoms with E-state index in [9.17, 15) is 0 Å². The Kier molecular flexibility index (Phi) is 3.72. The van der Waals surface area contributed by atoms with Crippen molar-refractivity contribution < 1.29 is 0 Å². The zero-order valence-electron chi connectivity index (χ0n) is 12.8. The molecule has 0 aliphatic heterocycles. The fraction of sp³-hybridized carbons (Fsp3) is 0.294. The van der Waals surface area contributed by atoms with Crippen LogP contribution in [0.4, 0.5) is 0 Å². The van der Waals surface area contributed by atoms with Gasteiger partial charge in [0.1, 0.15) is 5.03 Å². The number of hydrogen-bond donors (Lipinski definition) is 0. The van der Waals surface area contributed by atoms with E-state index >= 15 is 0 Å². The summed E-state index contributed by atoms with van der Waals surface area (Å²) < 4.78 is 1.92. The number of aryl methyl sites for hydroxylation is 2. The second-order valence-electron chi connectivity index (χ2n) is 5.56. The first-order valence-corrected chi connectivity index (χ1v) is 8.01. The van der Waals surface area contributed by atoms with Crippen molar-refractivity contribution in [3.63, 3.8) is 0 Å². The maximum atomic E-state index is 4.69. The highest BCUT2D eigenvalue weighted by Gasteiger charge is 2.11. The maximum absolute atomic E-state index is 4.69. The van der Waals surface area contributed by atoms with Crippen molar-refractivity contribution in [3.05, 3.63) is 47.8 Å². The molecule has 0 aliphatic rings. The van der Waals surface area contributed by atoms with Crippen LogP contribution in [0, 0.1) is 13.8 Å². The molecule has 3 nitrogen and oxygen atoms in total. The Labute approximate surface area is 129 Å². The van der Waals surface area contributed by atoms with Crippen LogP contribution in [0.15, 0.2) is 41.7 Å². The third-order valence-electron chi connectivity index (χ3n) is 3.50. The van der Waals surface area contributed by atoms with Gasteiger partial charge in [0.25, 0.3) is 0 Å². The van der Waals surface area contributed by atoms with Crippen LogP contribution in [0.25, 0.3) is 16.8 Å². The second kappa shape index (κ2) is 5.53. The molecule has 1 aromatic carbocycles. The minimum Gasteiger partial charge on any atom is -0.246 e. The predicted molar refractivity (Wildman–Crippen MR) is 88.9 cm³/mol. The molecule has 0 spiro atoms. The first-order chi connectivity index (χ1) is 10.0. The Hall–Kier alpha value is -1.81. The summed E-state index contributed by atoms with van der Waals surface area (Å²) in [5, 5.41) is 6.23. The van der Waals surface area contributed by atoms with E-state index in [0.717, 1.165) is 21.8 Å². The van der Waals surface area contributed by atoms with E-state index in [1.807, 2.05) is 16.9 Å². The molecule has 0 saturated heterocycles. The number of nitrogens with zero attached hydrogens (tertiary/aromatic N) is 3. The summed E-state index contributed by atoms with van der Waals surface area (Å²) in [5.41, 5.74) is 5.82. The standard InChI is InChI=1S/C17H19N3S/c1-11(2)21-17-16-10-15(19-20(16)8-7-18-17)14-6-5-12(3)13(4)9-14/h5-11H,1-4H3. The molecule has 0 aliphatic carbocycles. The van der Waals surface area contributed by atoms with E-state index in [0.29, 0.717) is 5.25 Å². The lowest BCUT2D eigenvalue weighted by atomic mass is 10.0. The van der Waals surface area contributed by atoms with Crippen LogP contribution in [0.3, 0.4) is 0 Å². The largest absolute Gasteiger partial charge is 0.246 e. The van der Waals surface area contributed by atoms with Gasteiger partial charge in [-0.25, -0.2) is 9.50 Å². The molecule has 0 N–H and O–H groups in total. The van der Waals surface area contributed by atoms with Crippen molar-refractivity contribution in [3.8, 4) is 11.3 Å². The summed E-state index contributed by atoms with van der Waals surface area (Å²) in [5.74, 6) is 0. The van der Waals surface area contributed by atoms with E-state index in [-0.39, 0.29) is 0 Å². The Morgan fingerprint density at radius 1 is 1.10 bits per heavy atom. The highest BCUT2D eigenvalue weighted by atomic mass is 32.2. The normalized spacial score (nSPS) is 11.5. The minimum atomic E-state index is 0.503. The monoisotopic (exact) mass is 297 g/mol. The van der Waals surface area contributed by atoms with Crippen LogP contribution in [0.2, 0.25) is 0 Å². The first-order valence-electron chi connectivity index (χ1n) is 7.13. The number of aromatic nitrogens is 3. The van der Waals surface area contributed by atoms with Crippen LogP contribution in [0.5, 0.6) is 0 Å².